The van der Waals surface area contributed by atoms with Crippen molar-refractivity contribution in [3.8, 4) is 6.07 Å². The molecule has 0 aromatic heterocycles. The van der Waals surface area contributed by atoms with Crippen molar-refractivity contribution in [2.75, 3.05) is 0 Å². The van der Waals surface area contributed by atoms with Crippen molar-refractivity contribution >= 4 is 0 Å². The van der Waals surface area contributed by atoms with Crippen LogP contribution >= 0.6 is 0 Å². The van der Waals surface area contributed by atoms with Crippen LogP contribution < -0.4 is 0 Å². The molecule has 0 fully saturated rings. The maximum absolute atomic E-state index is 10.4. The van der Waals surface area contributed by atoms with Gasteiger partial charge in [-0.2, -0.15) is 5.26 Å². The van der Waals surface area contributed by atoms with Crippen LogP contribution in [-0.4, -0.2) is 10.5 Å². The summed E-state index contributed by atoms with van der Waals surface area (Å²) in [5, 5.41) is 18.9. The molecule has 1 rings (SSSR count). The summed E-state index contributed by atoms with van der Waals surface area (Å²) in [6.07, 6.45) is 6.52. The summed E-state index contributed by atoms with van der Waals surface area (Å²) in [7, 11) is 0. The molecule has 56 valence electrons. The van der Waals surface area contributed by atoms with E-state index in [4.69, 9.17) is 5.26 Å². The molecule has 1 aliphatic carbocycles. The lowest BCUT2D eigenvalue weighted by atomic mass is 9.97. The third-order valence-electron chi connectivity index (χ3n) is 1.50. The van der Waals surface area contributed by atoms with Crippen molar-refractivity contribution in [3.63, 3.8) is 0 Å². The number of allylic oxidation sites excluding steroid dienone is 2. The standard InChI is InChI=1S/C7H6N2O2/c8-6-7(9(10)11)4-2-1-3-5-7/h2-5H,1H2. The normalized spacial score (nSPS) is 19.2. The van der Waals surface area contributed by atoms with E-state index in [1.54, 1.807) is 18.2 Å². The Balaban J connectivity index is 3.03. The van der Waals surface area contributed by atoms with Gasteiger partial charge in [-0.05, 0) is 6.42 Å². The lowest BCUT2D eigenvalue weighted by Gasteiger charge is -2.10. The summed E-state index contributed by atoms with van der Waals surface area (Å²) < 4.78 is 0. The number of nitrogens with zero attached hydrogens (tertiary/aromatic N) is 2. The number of nitro groups is 1. The van der Waals surface area contributed by atoms with Crippen molar-refractivity contribution in [3.05, 3.63) is 34.4 Å². The number of nitriles is 1. The first kappa shape index (κ1) is 7.48. The SMILES string of the molecule is N#CC1([N+](=O)[O-])C=CCC=C1. The Kier molecular flexibility index (Phi) is 1.73. The molecular formula is C7H6N2O2. The summed E-state index contributed by atoms with van der Waals surface area (Å²) in [4.78, 5) is 9.79. The second kappa shape index (κ2) is 2.54. The molecule has 0 bridgehead atoms. The van der Waals surface area contributed by atoms with Crippen LogP contribution in [0.3, 0.4) is 0 Å². The van der Waals surface area contributed by atoms with Crippen LogP contribution in [0.1, 0.15) is 6.42 Å². The summed E-state index contributed by atoms with van der Waals surface area (Å²) >= 11 is 0. The number of hydrogen-bond acceptors (Lipinski definition) is 3. The molecule has 0 heterocycles. The monoisotopic (exact) mass is 150 g/mol. The fourth-order valence-corrected chi connectivity index (χ4v) is 0.867. The fraction of sp³-hybridized carbons (Fsp3) is 0.286. The molecule has 0 amide bonds. The minimum absolute atomic E-state index is 0.598. The van der Waals surface area contributed by atoms with E-state index in [1.807, 2.05) is 0 Å². The van der Waals surface area contributed by atoms with E-state index in [2.05, 4.69) is 0 Å². The molecule has 0 unspecified atom stereocenters. The highest BCUT2D eigenvalue weighted by Crippen LogP contribution is 2.17. The molecule has 0 atom stereocenters. The van der Waals surface area contributed by atoms with Gasteiger partial charge in [-0.1, -0.05) is 12.2 Å². The number of hydrogen-bond donors (Lipinski definition) is 0. The van der Waals surface area contributed by atoms with E-state index in [-0.39, 0.29) is 0 Å². The highest BCUT2D eigenvalue weighted by Gasteiger charge is 2.37. The van der Waals surface area contributed by atoms with E-state index in [0.29, 0.717) is 6.42 Å². The Labute approximate surface area is 63.6 Å². The van der Waals surface area contributed by atoms with Gasteiger partial charge in [-0.25, -0.2) is 0 Å². The summed E-state index contributed by atoms with van der Waals surface area (Å²) in [6.45, 7) is 0. The molecule has 11 heavy (non-hydrogen) atoms. The second-order valence-electron chi connectivity index (χ2n) is 2.23. The van der Waals surface area contributed by atoms with Crippen LogP contribution in [0.4, 0.5) is 0 Å². The second-order valence-corrected chi connectivity index (χ2v) is 2.23. The van der Waals surface area contributed by atoms with Gasteiger partial charge in [0.05, 0.1) is 4.92 Å². The van der Waals surface area contributed by atoms with Gasteiger partial charge in [0.15, 0.2) is 6.07 Å². The van der Waals surface area contributed by atoms with Crippen LogP contribution in [0.5, 0.6) is 0 Å². The Morgan fingerprint density at radius 3 is 2.36 bits per heavy atom. The largest absolute Gasteiger partial charge is 0.342 e. The Hall–Kier alpha value is -1.63. The van der Waals surface area contributed by atoms with Gasteiger partial charge in [-0.15, -0.1) is 0 Å². The molecule has 0 saturated heterocycles. The predicted molar refractivity (Wildman–Crippen MR) is 38.2 cm³/mol. The molecule has 4 nitrogen and oxygen atoms in total. The summed E-state index contributed by atoms with van der Waals surface area (Å²) in [5.74, 6) is 0. The van der Waals surface area contributed by atoms with Crippen LogP contribution in [0.2, 0.25) is 0 Å². The van der Waals surface area contributed by atoms with Crippen molar-refractivity contribution in [2.45, 2.75) is 12.0 Å². The Morgan fingerprint density at radius 1 is 1.55 bits per heavy atom. The van der Waals surface area contributed by atoms with E-state index in [9.17, 15) is 10.1 Å². The highest BCUT2D eigenvalue weighted by molar-refractivity contribution is 5.29. The van der Waals surface area contributed by atoms with Gasteiger partial charge in [-0.3, -0.25) is 10.1 Å². The first-order valence-corrected chi connectivity index (χ1v) is 3.12. The molecule has 0 spiro atoms. The van der Waals surface area contributed by atoms with Crippen molar-refractivity contribution in [1.29, 1.82) is 5.26 Å². The molecule has 0 radical (unpaired) electrons. The molecular weight excluding hydrogens is 144 g/mol. The van der Waals surface area contributed by atoms with Crippen LogP contribution in [0, 0.1) is 21.4 Å². The molecule has 0 aromatic carbocycles. The van der Waals surface area contributed by atoms with E-state index < -0.39 is 10.5 Å². The van der Waals surface area contributed by atoms with E-state index >= 15 is 0 Å². The smallest absolute Gasteiger partial charge is 0.262 e. The zero-order valence-corrected chi connectivity index (χ0v) is 5.73. The van der Waals surface area contributed by atoms with E-state index in [0.717, 1.165) is 0 Å². The topological polar surface area (TPSA) is 66.9 Å². The average molecular weight is 150 g/mol. The minimum Gasteiger partial charge on any atom is -0.262 e. The molecule has 0 aromatic rings. The van der Waals surface area contributed by atoms with E-state index in [1.165, 1.54) is 12.2 Å². The lowest BCUT2D eigenvalue weighted by Crippen LogP contribution is -2.32. The van der Waals surface area contributed by atoms with Crippen molar-refractivity contribution < 1.29 is 4.92 Å². The van der Waals surface area contributed by atoms with Gasteiger partial charge < -0.3 is 0 Å². The Bertz CT molecular complexity index is 261. The highest BCUT2D eigenvalue weighted by atomic mass is 16.6. The minimum atomic E-state index is -1.61. The first-order chi connectivity index (χ1) is 5.21. The van der Waals surface area contributed by atoms with Crippen LogP contribution in [0.15, 0.2) is 24.3 Å². The van der Waals surface area contributed by atoms with Gasteiger partial charge in [0.2, 0.25) is 0 Å². The van der Waals surface area contributed by atoms with Gasteiger partial charge >= 0.3 is 5.54 Å². The van der Waals surface area contributed by atoms with Crippen LogP contribution in [0.25, 0.3) is 0 Å². The molecule has 0 saturated carbocycles. The zero-order valence-electron chi connectivity index (χ0n) is 5.73. The maximum atomic E-state index is 10.4. The molecule has 4 heteroatoms. The lowest BCUT2D eigenvalue weighted by molar-refractivity contribution is -0.523. The maximum Gasteiger partial charge on any atom is 0.342 e. The fourth-order valence-electron chi connectivity index (χ4n) is 0.867. The van der Waals surface area contributed by atoms with Gasteiger partial charge in [0.25, 0.3) is 0 Å². The molecule has 1 aliphatic rings. The van der Waals surface area contributed by atoms with Gasteiger partial charge in [0, 0.05) is 12.2 Å². The average Bonchev–Trinajstić information content (AvgIpc) is 2.05. The van der Waals surface area contributed by atoms with Crippen LogP contribution in [-0.2, 0) is 0 Å². The Morgan fingerprint density at radius 2 is 2.09 bits per heavy atom. The number of rotatable bonds is 1. The molecule has 0 N–H and O–H groups in total. The molecule has 0 aliphatic heterocycles. The summed E-state index contributed by atoms with van der Waals surface area (Å²) in [5.41, 5.74) is -1.61. The third-order valence-corrected chi connectivity index (χ3v) is 1.50. The van der Waals surface area contributed by atoms with Gasteiger partial charge in [0.1, 0.15) is 0 Å². The quantitative estimate of drug-likeness (QED) is 0.318. The third kappa shape index (κ3) is 1.13. The predicted octanol–water partition coefficient (Wildman–Crippen LogP) is 1.04. The summed E-state index contributed by atoms with van der Waals surface area (Å²) in [6, 6.07) is 1.64. The van der Waals surface area contributed by atoms with Crippen molar-refractivity contribution in [2.24, 2.45) is 0 Å². The zero-order chi connectivity index (χ0) is 8.32. The first-order valence-electron chi connectivity index (χ1n) is 3.12. The van der Waals surface area contributed by atoms with Crippen molar-refractivity contribution in [1.82, 2.24) is 0 Å².